The molecule has 0 saturated heterocycles. The van der Waals surface area contributed by atoms with Gasteiger partial charge in [-0.1, -0.05) is 6.92 Å². The Morgan fingerprint density at radius 2 is 1.92 bits per heavy atom. The Bertz CT molecular complexity index is 861. The van der Waals surface area contributed by atoms with E-state index in [9.17, 15) is 15.2 Å². The van der Waals surface area contributed by atoms with E-state index >= 15 is 0 Å². The van der Waals surface area contributed by atoms with Crippen molar-refractivity contribution in [2.45, 2.75) is 26.8 Å². The van der Waals surface area contributed by atoms with Gasteiger partial charge in [-0.25, -0.2) is 0 Å². The van der Waals surface area contributed by atoms with E-state index in [1.807, 2.05) is 6.07 Å². The first-order valence-corrected chi connectivity index (χ1v) is 7.51. The molecule has 1 N–H and O–H groups in total. The molecule has 0 amide bonds. The minimum atomic E-state index is -0.469. The summed E-state index contributed by atoms with van der Waals surface area (Å²) >= 11 is 0. The lowest BCUT2D eigenvalue weighted by Gasteiger charge is -2.12. The van der Waals surface area contributed by atoms with Crippen LogP contribution in [0.5, 0.6) is 11.6 Å². The van der Waals surface area contributed by atoms with Crippen LogP contribution >= 0.6 is 0 Å². The fourth-order valence-corrected chi connectivity index (χ4v) is 2.36. The van der Waals surface area contributed by atoms with Gasteiger partial charge in [0.25, 0.3) is 5.56 Å². The minimum absolute atomic E-state index is 0.0580. The first kappa shape index (κ1) is 17.2. The smallest absolute Gasteiger partial charge is 0.281 e. The minimum Gasteiger partial charge on any atom is -0.497 e. The predicted octanol–water partition coefficient (Wildman–Crippen LogP) is 3.43. The van der Waals surface area contributed by atoms with E-state index in [1.54, 1.807) is 45.2 Å². The molecule has 0 aliphatic rings. The van der Waals surface area contributed by atoms with Gasteiger partial charge in [0.1, 0.15) is 17.4 Å². The lowest BCUT2D eigenvalue weighted by Crippen LogP contribution is -2.21. The monoisotopic (exact) mass is 326 g/mol. The highest BCUT2D eigenvalue weighted by Gasteiger charge is 2.19. The van der Waals surface area contributed by atoms with E-state index in [1.165, 1.54) is 0 Å². The Morgan fingerprint density at radius 1 is 1.25 bits per heavy atom. The van der Waals surface area contributed by atoms with Gasteiger partial charge in [0.15, 0.2) is 5.69 Å². The summed E-state index contributed by atoms with van der Waals surface area (Å²) in [4.78, 5) is 12.5. The molecule has 1 heterocycles. The predicted molar refractivity (Wildman–Crippen MR) is 89.3 cm³/mol. The third-order valence-corrected chi connectivity index (χ3v) is 3.63. The van der Waals surface area contributed by atoms with E-state index in [2.05, 4.69) is 10.2 Å². The molecule has 0 unspecified atom stereocenters. The molecule has 0 radical (unpaired) electrons. The summed E-state index contributed by atoms with van der Waals surface area (Å²) in [6, 6.07) is 8.82. The maximum Gasteiger partial charge on any atom is 0.281 e. The third-order valence-electron chi connectivity index (χ3n) is 3.63. The van der Waals surface area contributed by atoms with E-state index in [4.69, 9.17) is 4.74 Å². The van der Waals surface area contributed by atoms with Crippen molar-refractivity contribution in [2.24, 2.45) is 10.2 Å². The zero-order valence-corrected chi connectivity index (χ0v) is 13.8. The third kappa shape index (κ3) is 3.13. The van der Waals surface area contributed by atoms with Gasteiger partial charge >= 0.3 is 0 Å². The van der Waals surface area contributed by atoms with Gasteiger partial charge in [-0.2, -0.15) is 10.4 Å². The quantitative estimate of drug-likeness (QED) is 0.851. The largest absolute Gasteiger partial charge is 0.497 e. The number of hydrogen-bond acceptors (Lipinski definition) is 6. The molecular weight excluding hydrogens is 308 g/mol. The maximum atomic E-state index is 12.5. The number of nitriles is 1. The van der Waals surface area contributed by atoms with Crippen LogP contribution in [0.25, 0.3) is 0 Å². The Kier molecular flexibility index (Phi) is 5.32. The number of pyridine rings is 1. The molecule has 0 aliphatic carbocycles. The Labute approximate surface area is 139 Å². The zero-order valence-electron chi connectivity index (χ0n) is 13.8. The van der Waals surface area contributed by atoms with Crippen LogP contribution in [0.1, 0.15) is 25.0 Å². The van der Waals surface area contributed by atoms with Crippen LogP contribution in [0, 0.1) is 11.3 Å². The molecule has 1 aromatic heterocycles. The summed E-state index contributed by atoms with van der Waals surface area (Å²) in [7, 11) is 1.57. The van der Waals surface area contributed by atoms with Crippen molar-refractivity contribution < 1.29 is 9.84 Å². The molecule has 24 heavy (non-hydrogen) atoms. The van der Waals surface area contributed by atoms with E-state index in [0.29, 0.717) is 23.4 Å². The fourth-order valence-electron chi connectivity index (χ4n) is 2.36. The molecule has 2 aromatic rings. The van der Waals surface area contributed by atoms with E-state index in [0.717, 1.165) is 4.57 Å². The van der Waals surface area contributed by atoms with Crippen molar-refractivity contribution in [2.75, 3.05) is 7.11 Å². The van der Waals surface area contributed by atoms with Gasteiger partial charge < -0.3 is 9.84 Å². The zero-order chi connectivity index (χ0) is 17.7. The van der Waals surface area contributed by atoms with Crippen molar-refractivity contribution in [1.82, 2.24) is 4.57 Å². The molecule has 124 valence electrons. The molecule has 0 atom stereocenters. The summed E-state index contributed by atoms with van der Waals surface area (Å²) in [6.07, 6.45) is 0.382. The van der Waals surface area contributed by atoms with E-state index in [-0.39, 0.29) is 23.7 Å². The number of aromatic hydroxyl groups is 1. The van der Waals surface area contributed by atoms with E-state index < -0.39 is 5.56 Å². The van der Waals surface area contributed by atoms with Gasteiger partial charge in [0.2, 0.25) is 5.88 Å². The highest BCUT2D eigenvalue weighted by atomic mass is 16.5. The second-order valence-electron chi connectivity index (χ2n) is 4.94. The van der Waals surface area contributed by atoms with Crippen LogP contribution in [-0.2, 0) is 13.0 Å². The van der Waals surface area contributed by atoms with Gasteiger partial charge in [-0.15, -0.1) is 5.11 Å². The van der Waals surface area contributed by atoms with Crippen LogP contribution in [0.15, 0.2) is 39.3 Å². The number of hydrogen-bond donors (Lipinski definition) is 1. The number of methoxy groups -OCH3 is 1. The van der Waals surface area contributed by atoms with Gasteiger partial charge in [0, 0.05) is 12.1 Å². The lowest BCUT2D eigenvalue weighted by atomic mass is 10.1. The average molecular weight is 326 g/mol. The van der Waals surface area contributed by atoms with Crippen LogP contribution in [-0.4, -0.2) is 16.8 Å². The molecule has 0 aliphatic heterocycles. The van der Waals surface area contributed by atoms with Gasteiger partial charge in [-0.3, -0.25) is 9.36 Å². The normalized spacial score (nSPS) is 10.8. The molecule has 7 heteroatoms. The van der Waals surface area contributed by atoms with Crippen LogP contribution < -0.4 is 10.3 Å². The summed E-state index contributed by atoms with van der Waals surface area (Å²) in [5.74, 6) is 0.359. The fraction of sp³-hybridized carbons (Fsp3) is 0.294. The Morgan fingerprint density at radius 3 is 2.42 bits per heavy atom. The van der Waals surface area contributed by atoms with Crippen LogP contribution in [0.2, 0.25) is 0 Å². The molecule has 0 saturated carbocycles. The number of azo groups is 1. The van der Waals surface area contributed by atoms with Gasteiger partial charge in [0.05, 0.1) is 12.8 Å². The van der Waals surface area contributed by atoms with Crippen LogP contribution in [0.4, 0.5) is 11.4 Å². The number of ether oxygens (including phenoxy) is 1. The second kappa shape index (κ2) is 7.42. The first-order chi connectivity index (χ1) is 11.6. The Hall–Kier alpha value is -3.14. The van der Waals surface area contributed by atoms with Crippen molar-refractivity contribution in [3.05, 3.63) is 45.7 Å². The van der Waals surface area contributed by atoms with Crippen LogP contribution in [0.3, 0.4) is 0 Å². The van der Waals surface area contributed by atoms with Crippen molar-refractivity contribution in [1.29, 1.82) is 5.26 Å². The van der Waals surface area contributed by atoms with Crippen molar-refractivity contribution in [3.63, 3.8) is 0 Å². The summed E-state index contributed by atoms with van der Waals surface area (Å²) in [5.41, 5.74) is 0.601. The Balaban J connectivity index is 2.58. The highest BCUT2D eigenvalue weighted by molar-refractivity contribution is 5.57. The maximum absolute atomic E-state index is 12.5. The standard InChI is InChI=1S/C17H18N4O3/c1-4-13-14(10-18)16(22)21(5-2)17(23)15(13)20-19-11-6-8-12(24-3)9-7-11/h6-9,22H,4-5H2,1-3H3. The first-order valence-electron chi connectivity index (χ1n) is 7.51. The van der Waals surface area contributed by atoms with Crippen molar-refractivity contribution in [3.8, 4) is 17.7 Å². The molecule has 2 rings (SSSR count). The molecule has 0 fully saturated rings. The number of benzene rings is 1. The highest BCUT2D eigenvalue weighted by Crippen LogP contribution is 2.28. The molecule has 1 aromatic carbocycles. The molecular formula is C17H18N4O3. The molecule has 0 spiro atoms. The SMILES string of the molecule is CCc1c(C#N)c(O)n(CC)c(=O)c1N=Nc1ccc(OC)cc1. The number of rotatable bonds is 5. The van der Waals surface area contributed by atoms with Gasteiger partial charge in [-0.05, 0) is 37.6 Å². The summed E-state index contributed by atoms with van der Waals surface area (Å²) in [5, 5.41) is 27.5. The van der Waals surface area contributed by atoms with Crippen molar-refractivity contribution >= 4 is 11.4 Å². The topological polar surface area (TPSA) is 100.0 Å². The molecule has 0 bridgehead atoms. The summed E-state index contributed by atoms with van der Waals surface area (Å²) < 4.78 is 6.18. The lowest BCUT2D eigenvalue weighted by molar-refractivity contribution is 0.408. The summed E-state index contributed by atoms with van der Waals surface area (Å²) in [6.45, 7) is 3.73. The average Bonchev–Trinajstić information content (AvgIpc) is 2.61. The molecule has 7 nitrogen and oxygen atoms in total. The number of nitrogens with zero attached hydrogens (tertiary/aromatic N) is 4. The number of aromatic nitrogens is 1. The second-order valence-corrected chi connectivity index (χ2v) is 4.94.